The van der Waals surface area contributed by atoms with Gasteiger partial charge in [-0.2, -0.15) is 5.10 Å². The fourth-order valence-corrected chi connectivity index (χ4v) is 3.13. The quantitative estimate of drug-likeness (QED) is 0.778. The highest BCUT2D eigenvalue weighted by Crippen LogP contribution is 2.44. The fourth-order valence-electron chi connectivity index (χ4n) is 3.13. The Morgan fingerprint density at radius 3 is 2.85 bits per heavy atom. The van der Waals surface area contributed by atoms with E-state index in [1.807, 2.05) is 6.92 Å². The minimum atomic E-state index is -0.160. The first-order chi connectivity index (χ1) is 9.34. The van der Waals surface area contributed by atoms with Crippen LogP contribution in [0.5, 0.6) is 0 Å². The monoisotopic (exact) mass is 279 g/mol. The molecule has 1 heterocycles. The van der Waals surface area contributed by atoms with Crippen LogP contribution < -0.4 is 11.1 Å². The number of aromatic nitrogens is 3. The molecule has 0 aromatic carbocycles. The van der Waals surface area contributed by atoms with Gasteiger partial charge in [0.15, 0.2) is 0 Å². The van der Waals surface area contributed by atoms with E-state index in [0.717, 1.165) is 12.8 Å². The minimum Gasteiger partial charge on any atom is -0.346 e. The Bertz CT molecular complexity index is 456. The number of hydrogen-bond donors (Lipinski definition) is 3. The van der Waals surface area contributed by atoms with Gasteiger partial charge in [0.25, 0.3) is 0 Å². The molecule has 0 spiro atoms. The number of H-pyrrole nitrogens is 1. The number of hydrogen-bond acceptors (Lipinski definition) is 4. The van der Waals surface area contributed by atoms with Crippen LogP contribution in [-0.2, 0) is 4.79 Å². The molecule has 1 aromatic rings. The van der Waals surface area contributed by atoms with E-state index in [2.05, 4.69) is 41.3 Å². The maximum Gasteiger partial charge on any atom is 0.224 e. The van der Waals surface area contributed by atoms with Gasteiger partial charge in [-0.25, -0.2) is 4.98 Å². The Hall–Kier alpha value is -1.43. The molecule has 0 bridgehead atoms. The topological polar surface area (TPSA) is 96.7 Å². The molecule has 6 heteroatoms. The second-order valence-electron chi connectivity index (χ2n) is 6.50. The summed E-state index contributed by atoms with van der Waals surface area (Å²) in [4.78, 5) is 16.6. The molecular weight excluding hydrogens is 254 g/mol. The minimum absolute atomic E-state index is 0.0114. The number of amides is 1. The van der Waals surface area contributed by atoms with Crippen molar-refractivity contribution in [1.82, 2.24) is 20.5 Å². The zero-order valence-electron chi connectivity index (χ0n) is 12.7. The first kappa shape index (κ1) is 15.0. The van der Waals surface area contributed by atoms with Crippen LogP contribution in [0.4, 0.5) is 0 Å². The summed E-state index contributed by atoms with van der Waals surface area (Å²) in [7, 11) is 0. The highest BCUT2D eigenvalue weighted by atomic mass is 16.2. The molecule has 1 fully saturated rings. The van der Waals surface area contributed by atoms with Crippen LogP contribution in [0, 0.1) is 17.3 Å². The molecule has 20 heavy (non-hydrogen) atoms. The smallest absolute Gasteiger partial charge is 0.224 e. The predicted molar refractivity (Wildman–Crippen MR) is 76.6 cm³/mol. The van der Waals surface area contributed by atoms with Crippen molar-refractivity contribution in [2.24, 2.45) is 23.0 Å². The van der Waals surface area contributed by atoms with Gasteiger partial charge in [0.1, 0.15) is 12.2 Å². The van der Waals surface area contributed by atoms with Gasteiger partial charge in [-0.05, 0) is 31.1 Å². The molecule has 4 unspecified atom stereocenters. The Kier molecular flexibility index (Phi) is 4.13. The molecule has 1 aliphatic carbocycles. The zero-order valence-corrected chi connectivity index (χ0v) is 12.7. The molecule has 1 aliphatic rings. The molecule has 6 nitrogen and oxygen atoms in total. The second kappa shape index (κ2) is 5.52. The van der Waals surface area contributed by atoms with Gasteiger partial charge in [-0.3, -0.25) is 9.89 Å². The standard InChI is InChI=1S/C14H25N5O/c1-8-11(15)6-5-10(14(8,3)4)13(20)18-9(2)12-16-7-17-19-12/h7-11H,5-6,15H2,1-4H3,(H,18,20)(H,16,17,19). The lowest BCUT2D eigenvalue weighted by atomic mass is 9.61. The van der Waals surface area contributed by atoms with Gasteiger partial charge in [0.2, 0.25) is 5.91 Å². The third-order valence-electron chi connectivity index (χ3n) is 5.02. The summed E-state index contributed by atoms with van der Waals surface area (Å²) in [5.74, 6) is 1.07. The van der Waals surface area contributed by atoms with Crippen molar-refractivity contribution in [2.45, 2.75) is 52.6 Å². The summed E-state index contributed by atoms with van der Waals surface area (Å²) < 4.78 is 0. The van der Waals surface area contributed by atoms with Crippen LogP contribution in [0.1, 0.15) is 52.4 Å². The molecule has 112 valence electrons. The Morgan fingerprint density at radius 1 is 1.55 bits per heavy atom. The van der Waals surface area contributed by atoms with Crippen molar-refractivity contribution in [1.29, 1.82) is 0 Å². The van der Waals surface area contributed by atoms with Gasteiger partial charge in [-0.1, -0.05) is 20.8 Å². The molecule has 0 aliphatic heterocycles. The van der Waals surface area contributed by atoms with Crippen LogP contribution in [0.25, 0.3) is 0 Å². The lowest BCUT2D eigenvalue weighted by Gasteiger charge is -2.46. The third kappa shape index (κ3) is 2.70. The number of carbonyl (C=O) groups is 1. The highest BCUT2D eigenvalue weighted by molar-refractivity contribution is 5.80. The van der Waals surface area contributed by atoms with Gasteiger partial charge in [0, 0.05) is 12.0 Å². The molecule has 1 saturated carbocycles. The average Bonchev–Trinajstić information content (AvgIpc) is 2.89. The number of nitrogens with one attached hydrogen (secondary N) is 2. The Balaban J connectivity index is 2.05. The summed E-state index contributed by atoms with van der Waals surface area (Å²) in [6.45, 7) is 8.33. The van der Waals surface area contributed by atoms with E-state index < -0.39 is 0 Å². The second-order valence-corrected chi connectivity index (χ2v) is 6.50. The Morgan fingerprint density at radius 2 is 2.25 bits per heavy atom. The van der Waals surface area contributed by atoms with Gasteiger partial charge >= 0.3 is 0 Å². The van der Waals surface area contributed by atoms with E-state index in [1.54, 1.807) is 0 Å². The van der Waals surface area contributed by atoms with E-state index in [9.17, 15) is 4.79 Å². The van der Waals surface area contributed by atoms with Crippen LogP contribution in [0.3, 0.4) is 0 Å². The largest absolute Gasteiger partial charge is 0.346 e. The summed E-state index contributed by atoms with van der Waals surface area (Å²) >= 11 is 0. The molecule has 0 saturated heterocycles. The van der Waals surface area contributed by atoms with Crippen LogP contribution >= 0.6 is 0 Å². The number of nitrogens with two attached hydrogens (primary N) is 1. The summed E-state index contributed by atoms with van der Waals surface area (Å²) in [5, 5.41) is 9.63. The van der Waals surface area contributed by atoms with E-state index >= 15 is 0 Å². The molecular formula is C14H25N5O. The summed E-state index contributed by atoms with van der Waals surface area (Å²) in [6, 6.07) is 0.0208. The van der Waals surface area contributed by atoms with E-state index in [4.69, 9.17) is 5.73 Å². The normalized spacial score (nSPS) is 30.8. The third-order valence-corrected chi connectivity index (χ3v) is 5.02. The zero-order chi connectivity index (χ0) is 14.9. The van der Waals surface area contributed by atoms with E-state index in [0.29, 0.717) is 11.7 Å². The molecule has 4 atom stereocenters. The SMILES string of the molecule is CC(NC(=O)C1CCC(N)C(C)C1(C)C)c1ncn[nH]1. The van der Waals surface area contributed by atoms with E-state index in [1.165, 1.54) is 6.33 Å². The number of nitrogens with zero attached hydrogens (tertiary/aromatic N) is 2. The number of carbonyl (C=O) groups excluding carboxylic acids is 1. The number of aromatic amines is 1. The molecule has 1 aromatic heterocycles. The first-order valence-corrected chi connectivity index (χ1v) is 7.25. The van der Waals surface area contributed by atoms with Gasteiger partial charge < -0.3 is 11.1 Å². The highest BCUT2D eigenvalue weighted by Gasteiger charge is 2.45. The van der Waals surface area contributed by atoms with Crippen LogP contribution in [0.2, 0.25) is 0 Å². The summed E-state index contributed by atoms with van der Waals surface area (Å²) in [5.41, 5.74) is 6.05. The first-order valence-electron chi connectivity index (χ1n) is 7.25. The van der Waals surface area contributed by atoms with Gasteiger partial charge in [-0.15, -0.1) is 0 Å². The average molecular weight is 279 g/mol. The van der Waals surface area contributed by atoms with Crippen LogP contribution in [-0.4, -0.2) is 27.1 Å². The van der Waals surface area contributed by atoms with E-state index in [-0.39, 0.29) is 29.3 Å². The van der Waals surface area contributed by atoms with Crippen molar-refractivity contribution in [2.75, 3.05) is 0 Å². The maximum absolute atomic E-state index is 12.6. The molecule has 1 amide bonds. The fraction of sp³-hybridized carbons (Fsp3) is 0.786. The lowest BCUT2D eigenvalue weighted by molar-refractivity contribution is -0.133. The van der Waals surface area contributed by atoms with Crippen molar-refractivity contribution in [3.63, 3.8) is 0 Å². The van der Waals surface area contributed by atoms with Crippen molar-refractivity contribution in [3.8, 4) is 0 Å². The van der Waals surface area contributed by atoms with Crippen LogP contribution in [0.15, 0.2) is 6.33 Å². The van der Waals surface area contributed by atoms with Crippen molar-refractivity contribution in [3.05, 3.63) is 12.2 Å². The molecule has 4 N–H and O–H groups in total. The molecule has 0 radical (unpaired) electrons. The predicted octanol–water partition coefficient (Wildman–Crippen LogP) is 1.38. The Labute approximate surface area is 119 Å². The lowest BCUT2D eigenvalue weighted by Crippen LogP contribution is -2.51. The van der Waals surface area contributed by atoms with Crippen molar-refractivity contribution < 1.29 is 4.79 Å². The molecule has 2 rings (SSSR count). The van der Waals surface area contributed by atoms with Crippen molar-refractivity contribution >= 4 is 5.91 Å². The maximum atomic E-state index is 12.6. The number of rotatable bonds is 3. The summed E-state index contributed by atoms with van der Waals surface area (Å²) in [6.07, 6.45) is 3.19. The van der Waals surface area contributed by atoms with Gasteiger partial charge in [0.05, 0.1) is 6.04 Å².